The molecule has 130 valence electrons. The minimum Gasteiger partial charge on any atom is -0.456 e. The number of hydrogen-bond acceptors (Lipinski definition) is 7. The molecule has 2 heterocycles. The summed E-state index contributed by atoms with van der Waals surface area (Å²) in [6.07, 6.45) is 0. The fourth-order valence-corrected chi connectivity index (χ4v) is 3.01. The summed E-state index contributed by atoms with van der Waals surface area (Å²) in [4.78, 5) is 28.8. The number of ether oxygens (including phenoxy) is 2. The van der Waals surface area contributed by atoms with Crippen LogP contribution in [0.25, 0.3) is 4.96 Å². The maximum Gasteiger partial charge on any atom is 0.338 e. The van der Waals surface area contributed by atoms with Gasteiger partial charge in [-0.2, -0.15) is 9.61 Å². The summed E-state index contributed by atoms with van der Waals surface area (Å²) in [5.41, 5.74) is 0.402. The normalized spacial score (nSPS) is 11.0. The van der Waals surface area contributed by atoms with Crippen molar-refractivity contribution < 1.29 is 14.3 Å². The molecule has 0 aliphatic rings. The molecule has 0 fully saturated rings. The predicted molar refractivity (Wildman–Crippen MR) is 93.0 cm³/mol. The van der Waals surface area contributed by atoms with E-state index in [2.05, 4.69) is 10.1 Å². The molecule has 7 nitrogen and oxygen atoms in total. The molecule has 0 unspecified atom stereocenters. The summed E-state index contributed by atoms with van der Waals surface area (Å²) >= 11 is 7.04. The summed E-state index contributed by atoms with van der Waals surface area (Å²) in [7, 11) is 0. The molecule has 0 aliphatic carbocycles. The average molecular weight is 380 g/mol. The molecule has 0 saturated carbocycles. The minimum absolute atomic E-state index is 0.105. The van der Waals surface area contributed by atoms with E-state index in [1.807, 2.05) is 6.92 Å². The summed E-state index contributed by atoms with van der Waals surface area (Å²) < 4.78 is 11.7. The molecule has 2 aromatic heterocycles. The van der Waals surface area contributed by atoms with Crippen LogP contribution >= 0.6 is 22.9 Å². The first-order valence-electron chi connectivity index (χ1n) is 7.46. The van der Waals surface area contributed by atoms with E-state index >= 15 is 0 Å². The van der Waals surface area contributed by atoms with Crippen LogP contribution in [0.15, 0.2) is 35.1 Å². The largest absolute Gasteiger partial charge is 0.456 e. The highest BCUT2D eigenvalue weighted by atomic mass is 35.5. The quantitative estimate of drug-likeness (QED) is 0.612. The second-order valence-corrected chi connectivity index (χ2v) is 6.47. The van der Waals surface area contributed by atoms with Crippen molar-refractivity contribution >= 4 is 33.9 Å². The van der Waals surface area contributed by atoms with Gasteiger partial charge in [-0.05, 0) is 31.2 Å². The van der Waals surface area contributed by atoms with E-state index in [-0.39, 0.29) is 12.2 Å². The molecule has 0 bridgehead atoms. The zero-order valence-electron chi connectivity index (χ0n) is 13.3. The number of aromatic nitrogens is 3. The molecular formula is C16H14ClN3O4S. The van der Waals surface area contributed by atoms with E-state index in [0.717, 1.165) is 0 Å². The fraction of sp³-hybridized carbons (Fsp3) is 0.250. The molecule has 0 aliphatic heterocycles. The van der Waals surface area contributed by atoms with E-state index in [1.165, 1.54) is 21.9 Å². The van der Waals surface area contributed by atoms with Crippen LogP contribution in [0.3, 0.4) is 0 Å². The van der Waals surface area contributed by atoms with Crippen molar-refractivity contribution in [2.45, 2.75) is 20.1 Å². The van der Waals surface area contributed by atoms with Gasteiger partial charge in [-0.1, -0.05) is 22.9 Å². The van der Waals surface area contributed by atoms with Gasteiger partial charge in [0.05, 0.1) is 11.3 Å². The molecule has 3 rings (SSSR count). The SMILES string of the molecule is CCOCc1nn2c(=O)cc(COC(=O)c3ccc(Cl)cc3)nc2s1. The Balaban J connectivity index is 1.74. The number of benzene rings is 1. The number of nitrogens with zero attached hydrogens (tertiary/aromatic N) is 3. The highest BCUT2D eigenvalue weighted by Crippen LogP contribution is 2.14. The molecule has 25 heavy (non-hydrogen) atoms. The van der Waals surface area contributed by atoms with Gasteiger partial charge in [0.1, 0.15) is 18.2 Å². The lowest BCUT2D eigenvalue weighted by atomic mass is 10.2. The summed E-state index contributed by atoms with van der Waals surface area (Å²) in [6, 6.07) is 7.64. The van der Waals surface area contributed by atoms with Crippen LogP contribution in [0, 0.1) is 0 Å². The highest BCUT2D eigenvalue weighted by molar-refractivity contribution is 7.16. The fourth-order valence-electron chi connectivity index (χ4n) is 2.03. The van der Waals surface area contributed by atoms with Gasteiger partial charge in [-0.15, -0.1) is 0 Å². The Morgan fingerprint density at radius 3 is 2.76 bits per heavy atom. The molecule has 0 N–H and O–H groups in total. The van der Waals surface area contributed by atoms with Gasteiger partial charge in [0.2, 0.25) is 4.96 Å². The maximum absolute atomic E-state index is 12.1. The Labute approximate surface area is 151 Å². The van der Waals surface area contributed by atoms with Gasteiger partial charge in [0, 0.05) is 17.7 Å². The number of esters is 1. The van der Waals surface area contributed by atoms with Crippen LogP contribution in [-0.4, -0.2) is 27.2 Å². The van der Waals surface area contributed by atoms with E-state index in [1.54, 1.807) is 24.3 Å². The number of halogens is 1. The van der Waals surface area contributed by atoms with Crippen molar-refractivity contribution in [3.8, 4) is 0 Å². The third-order valence-corrected chi connectivity index (χ3v) is 4.33. The van der Waals surface area contributed by atoms with Crippen molar-refractivity contribution in [1.29, 1.82) is 0 Å². The molecule has 0 amide bonds. The van der Waals surface area contributed by atoms with Crippen molar-refractivity contribution in [3.05, 3.63) is 62.0 Å². The van der Waals surface area contributed by atoms with Crippen LogP contribution < -0.4 is 5.56 Å². The number of carbonyl (C=O) groups is 1. The Morgan fingerprint density at radius 1 is 1.28 bits per heavy atom. The second-order valence-electron chi connectivity index (χ2n) is 5.00. The molecule has 1 aromatic carbocycles. The zero-order chi connectivity index (χ0) is 17.8. The topological polar surface area (TPSA) is 82.8 Å². The molecule has 3 aromatic rings. The monoisotopic (exact) mass is 379 g/mol. The molecular weight excluding hydrogens is 366 g/mol. The number of fused-ring (bicyclic) bond motifs is 1. The molecule has 9 heteroatoms. The lowest BCUT2D eigenvalue weighted by molar-refractivity contribution is 0.0468. The van der Waals surface area contributed by atoms with Crippen molar-refractivity contribution in [1.82, 2.24) is 14.6 Å². The Hall–Kier alpha value is -2.29. The first-order valence-corrected chi connectivity index (χ1v) is 8.65. The maximum atomic E-state index is 12.1. The van der Waals surface area contributed by atoms with Crippen LogP contribution in [0.4, 0.5) is 0 Å². The zero-order valence-corrected chi connectivity index (χ0v) is 14.8. The van der Waals surface area contributed by atoms with E-state index < -0.39 is 5.97 Å². The summed E-state index contributed by atoms with van der Waals surface area (Å²) in [5, 5.41) is 5.34. The van der Waals surface area contributed by atoms with Gasteiger partial charge < -0.3 is 9.47 Å². The number of carbonyl (C=O) groups excluding carboxylic acids is 1. The minimum atomic E-state index is -0.514. The molecule has 0 radical (unpaired) electrons. The Morgan fingerprint density at radius 2 is 2.04 bits per heavy atom. The highest BCUT2D eigenvalue weighted by Gasteiger charge is 2.12. The number of hydrogen-bond donors (Lipinski definition) is 0. The average Bonchev–Trinajstić information content (AvgIpc) is 3.02. The van der Waals surface area contributed by atoms with E-state index in [9.17, 15) is 9.59 Å². The van der Waals surface area contributed by atoms with Crippen LogP contribution in [-0.2, 0) is 22.7 Å². The van der Waals surface area contributed by atoms with E-state index in [0.29, 0.717) is 39.5 Å². The molecule has 0 spiro atoms. The first-order chi connectivity index (χ1) is 12.1. The molecule has 0 saturated heterocycles. The van der Waals surface area contributed by atoms with Crippen LogP contribution in [0.1, 0.15) is 28.0 Å². The van der Waals surface area contributed by atoms with E-state index in [4.69, 9.17) is 21.1 Å². The smallest absolute Gasteiger partial charge is 0.338 e. The number of rotatable bonds is 6. The molecule has 0 atom stereocenters. The van der Waals surface area contributed by atoms with Crippen molar-refractivity contribution in [2.75, 3.05) is 6.61 Å². The van der Waals surface area contributed by atoms with Crippen LogP contribution in [0.2, 0.25) is 5.02 Å². The Kier molecular flexibility index (Phi) is 5.42. The van der Waals surface area contributed by atoms with Crippen molar-refractivity contribution in [3.63, 3.8) is 0 Å². The predicted octanol–water partition coefficient (Wildman–Crippen LogP) is 2.70. The standard InChI is InChI=1S/C16H14ClN3O4S/c1-2-23-9-13-19-20-14(21)7-12(18-16(20)25-13)8-24-15(22)10-3-5-11(17)6-4-10/h3-7H,2,8-9H2,1H3. The summed E-state index contributed by atoms with van der Waals surface area (Å²) in [6.45, 7) is 2.66. The van der Waals surface area contributed by atoms with Gasteiger partial charge in [0.25, 0.3) is 5.56 Å². The lowest BCUT2D eigenvalue weighted by Crippen LogP contribution is -2.16. The third kappa shape index (κ3) is 4.22. The van der Waals surface area contributed by atoms with Gasteiger partial charge in [-0.25, -0.2) is 9.78 Å². The van der Waals surface area contributed by atoms with Gasteiger partial charge in [-0.3, -0.25) is 4.79 Å². The lowest BCUT2D eigenvalue weighted by Gasteiger charge is -2.04. The summed E-state index contributed by atoms with van der Waals surface area (Å²) in [5.74, 6) is -0.514. The second kappa shape index (κ2) is 7.73. The van der Waals surface area contributed by atoms with Crippen molar-refractivity contribution in [2.24, 2.45) is 0 Å². The van der Waals surface area contributed by atoms with Gasteiger partial charge >= 0.3 is 5.97 Å². The Bertz CT molecular complexity index is 952. The first kappa shape index (κ1) is 17.5. The third-order valence-electron chi connectivity index (χ3n) is 3.20. The van der Waals surface area contributed by atoms with Gasteiger partial charge in [0.15, 0.2) is 0 Å². The van der Waals surface area contributed by atoms with Crippen LogP contribution in [0.5, 0.6) is 0 Å².